The summed E-state index contributed by atoms with van der Waals surface area (Å²) in [6, 6.07) is 8.06. The van der Waals surface area contributed by atoms with Crippen LogP contribution in [0.25, 0.3) is 0 Å². The van der Waals surface area contributed by atoms with Crippen molar-refractivity contribution in [1.29, 1.82) is 0 Å². The van der Waals surface area contributed by atoms with E-state index in [1.165, 1.54) is 5.56 Å². The van der Waals surface area contributed by atoms with Crippen LogP contribution in [0.3, 0.4) is 0 Å². The van der Waals surface area contributed by atoms with Gasteiger partial charge in [-0.05, 0) is 51.5 Å². The van der Waals surface area contributed by atoms with Crippen LogP contribution < -0.4 is 20.9 Å². The molecule has 0 bridgehead atoms. The molecular formula is C15H23N3O2S. The number of rotatable bonds is 6. The minimum absolute atomic E-state index is 0.115. The van der Waals surface area contributed by atoms with E-state index in [-0.39, 0.29) is 11.9 Å². The largest absolute Gasteiger partial charge is 0.494 e. The van der Waals surface area contributed by atoms with Gasteiger partial charge in [0.1, 0.15) is 5.75 Å². The molecule has 1 rings (SSSR count). The summed E-state index contributed by atoms with van der Waals surface area (Å²) >= 11 is 5.00. The number of hydrogen-bond donors (Lipinski definition) is 3. The maximum Gasteiger partial charge on any atom is 0.238 e. The Bertz CT molecular complexity index is 460. The fraction of sp³-hybridized carbons (Fsp3) is 0.467. The van der Waals surface area contributed by atoms with E-state index in [1.54, 1.807) is 0 Å². The van der Waals surface area contributed by atoms with E-state index >= 15 is 0 Å². The average Bonchev–Trinajstić information content (AvgIpc) is 2.42. The Hall–Kier alpha value is -1.82. The standard InChI is InChI=1S/C15H23N3O2S/c1-11(2)16-15(21)18-17-14(19)5-4-10-20-13-8-6-12(3)7-9-13/h6-9,11H,4-5,10H2,1-3H3,(H,17,19)(H2,16,18,21). The molecule has 6 heteroatoms. The maximum atomic E-state index is 11.6. The van der Waals surface area contributed by atoms with E-state index in [0.717, 1.165) is 5.75 Å². The molecule has 1 aromatic carbocycles. The molecule has 0 aromatic heterocycles. The Morgan fingerprint density at radius 1 is 1.24 bits per heavy atom. The Morgan fingerprint density at radius 3 is 2.52 bits per heavy atom. The molecule has 116 valence electrons. The van der Waals surface area contributed by atoms with Crippen LogP contribution in [0.5, 0.6) is 5.75 Å². The minimum atomic E-state index is -0.115. The van der Waals surface area contributed by atoms with Crippen molar-refractivity contribution >= 4 is 23.2 Å². The lowest BCUT2D eigenvalue weighted by atomic mass is 10.2. The molecule has 0 saturated heterocycles. The molecule has 1 amide bonds. The van der Waals surface area contributed by atoms with Crippen LogP contribution in [0.4, 0.5) is 0 Å². The average molecular weight is 309 g/mol. The highest BCUT2D eigenvalue weighted by Crippen LogP contribution is 2.11. The number of amides is 1. The van der Waals surface area contributed by atoms with Crippen molar-refractivity contribution in [2.24, 2.45) is 0 Å². The number of nitrogens with one attached hydrogen (secondary N) is 3. The van der Waals surface area contributed by atoms with Gasteiger partial charge in [-0.2, -0.15) is 0 Å². The van der Waals surface area contributed by atoms with E-state index in [2.05, 4.69) is 16.2 Å². The second-order valence-electron chi connectivity index (χ2n) is 5.07. The number of carbonyl (C=O) groups excluding carboxylic acids is 1. The van der Waals surface area contributed by atoms with Crippen LogP contribution in [0.2, 0.25) is 0 Å². The number of ether oxygens (including phenoxy) is 1. The van der Waals surface area contributed by atoms with Gasteiger partial charge in [-0.25, -0.2) is 0 Å². The zero-order valence-electron chi connectivity index (χ0n) is 12.7. The predicted octanol–water partition coefficient (Wildman–Crippen LogP) is 2.06. The van der Waals surface area contributed by atoms with Crippen LogP contribution in [-0.4, -0.2) is 23.7 Å². The molecule has 0 radical (unpaired) electrons. The first-order valence-electron chi connectivity index (χ1n) is 7.02. The van der Waals surface area contributed by atoms with Gasteiger partial charge < -0.3 is 10.1 Å². The Kier molecular flexibility index (Phi) is 7.53. The Morgan fingerprint density at radius 2 is 1.90 bits per heavy atom. The molecule has 21 heavy (non-hydrogen) atoms. The number of thiocarbonyl (C=S) groups is 1. The molecule has 3 N–H and O–H groups in total. The van der Waals surface area contributed by atoms with Crippen molar-refractivity contribution in [3.05, 3.63) is 29.8 Å². The quantitative estimate of drug-likeness (QED) is 0.426. The fourth-order valence-corrected chi connectivity index (χ4v) is 1.83. The summed E-state index contributed by atoms with van der Waals surface area (Å²) < 4.78 is 5.55. The summed E-state index contributed by atoms with van der Waals surface area (Å²) in [5.41, 5.74) is 6.40. The van der Waals surface area contributed by atoms with Crippen LogP contribution in [0.15, 0.2) is 24.3 Å². The van der Waals surface area contributed by atoms with Gasteiger partial charge in [-0.3, -0.25) is 15.6 Å². The highest BCUT2D eigenvalue weighted by molar-refractivity contribution is 7.80. The topological polar surface area (TPSA) is 62.4 Å². The molecule has 0 unspecified atom stereocenters. The normalized spacial score (nSPS) is 10.1. The summed E-state index contributed by atoms with van der Waals surface area (Å²) in [6.07, 6.45) is 1.02. The number of aryl methyl sites for hydroxylation is 1. The van der Waals surface area contributed by atoms with E-state index in [9.17, 15) is 4.79 Å². The first-order valence-corrected chi connectivity index (χ1v) is 7.43. The number of hydrazine groups is 1. The summed E-state index contributed by atoms with van der Waals surface area (Å²) in [6.45, 7) is 6.47. The van der Waals surface area contributed by atoms with Gasteiger partial charge in [0.05, 0.1) is 6.61 Å². The third kappa shape index (κ3) is 8.14. The molecule has 0 aliphatic heterocycles. The zero-order chi connectivity index (χ0) is 15.7. The smallest absolute Gasteiger partial charge is 0.238 e. The second-order valence-corrected chi connectivity index (χ2v) is 5.47. The van der Waals surface area contributed by atoms with Crippen LogP contribution in [-0.2, 0) is 4.79 Å². The van der Waals surface area contributed by atoms with Crippen molar-refractivity contribution < 1.29 is 9.53 Å². The SMILES string of the molecule is Cc1ccc(OCCCC(=O)NNC(=S)NC(C)C)cc1. The highest BCUT2D eigenvalue weighted by Gasteiger charge is 2.03. The van der Waals surface area contributed by atoms with E-state index in [1.807, 2.05) is 45.0 Å². The van der Waals surface area contributed by atoms with Gasteiger partial charge in [0.25, 0.3) is 0 Å². The van der Waals surface area contributed by atoms with Crippen LogP contribution in [0.1, 0.15) is 32.3 Å². The zero-order valence-corrected chi connectivity index (χ0v) is 13.5. The third-order valence-corrected chi connectivity index (χ3v) is 2.79. The molecule has 0 heterocycles. The van der Waals surface area contributed by atoms with Crippen LogP contribution in [0, 0.1) is 6.92 Å². The summed E-state index contributed by atoms with van der Waals surface area (Å²) in [7, 11) is 0. The van der Waals surface area contributed by atoms with Crippen molar-refractivity contribution in [2.75, 3.05) is 6.61 Å². The van der Waals surface area contributed by atoms with Gasteiger partial charge in [-0.15, -0.1) is 0 Å². The maximum absolute atomic E-state index is 11.6. The highest BCUT2D eigenvalue weighted by atomic mass is 32.1. The number of hydrogen-bond acceptors (Lipinski definition) is 3. The molecule has 0 fully saturated rings. The molecule has 0 spiro atoms. The van der Waals surface area contributed by atoms with Crippen molar-refractivity contribution in [3.63, 3.8) is 0 Å². The van der Waals surface area contributed by atoms with Crippen molar-refractivity contribution in [1.82, 2.24) is 16.2 Å². The predicted molar refractivity (Wildman–Crippen MR) is 88.1 cm³/mol. The molecule has 0 aliphatic carbocycles. The van der Waals surface area contributed by atoms with Gasteiger partial charge in [0.15, 0.2) is 5.11 Å². The molecular weight excluding hydrogens is 286 g/mol. The molecule has 0 saturated carbocycles. The lowest BCUT2D eigenvalue weighted by Gasteiger charge is -2.13. The van der Waals surface area contributed by atoms with Gasteiger partial charge in [-0.1, -0.05) is 17.7 Å². The Labute approximate surface area is 131 Å². The summed E-state index contributed by atoms with van der Waals surface area (Å²) in [5.74, 6) is 0.705. The summed E-state index contributed by atoms with van der Waals surface area (Å²) in [5, 5.41) is 3.38. The fourth-order valence-electron chi connectivity index (χ4n) is 1.54. The van der Waals surface area contributed by atoms with Gasteiger partial charge in [0, 0.05) is 12.5 Å². The minimum Gasteiger partial charge on any atom is -0.494 e. The monoisotopic (exact) mass is 309 g/mol. The van der Waals surface area contributed by atoms with Gasteiger partial charge >= 0.3 is 0 Å². The summed E-state index contributed by atoms with van der Waals surface area (Å²) in [4.78, 5) is 11.6. The third-order valence-electron chi connectivity index (χ3n) is 2.57. The van der Waals surface area contributed by atoms with E-state index < -0.39 is 0 Å². The van der Waals surface area contributed by atoms with E-state index in [4.69, 9.17) is 17.0 Å². The van der Waals surface area contributed by atoms with Crippen LogP contribution >= 0.6 is 12.2 Å². The molecule has 0 atom stereocenters. The first kappa shape index (κ1) is 17.2. The molecule has 5 nitrogen and oxygen atoms in total. The lowest BCUT2D eigenvalue weighted by Crippen LogP contribution is -2.48. The Balaban J connectivity index is 2.10. The van der Waals surface area contributed by atoms with Crippen molar-refractivity contribution in [3.8, 4) is 5.75 Å². The van der Waals surface area contributed by atoms with Gasteiger partial charge in [0.2, 0.25) is 5.91 Å². The number of benzene rings is 1. The lowest BCUT2D eigenvalue weighted by molar-refractivity contribution is -0.121. The molecule has 0 aliphatic rings. The first-order chi connectivity index (χ1) is 9.97. The molecule has 1 aromatic rings. The van der Waals surface area contributed by atoms with Crippen molar-refractivity contribution in [2.45, 2.75) is 39.7 Å². The number of carbonyl (C=O) groups is 1. The van der Waals surface area contributed by atoms with E-state index in [0.29, 0.717) is 24.6 Å². The second kappa shape index (κ2) is 9.18.